The van der Waals surface area contributed by atoms with Crippen molar-refractivity contribution in [3.63, 3.8) is 0 Å². The summed E-state index contributed by atoms with van der Waals surface area (Å²) in [6.07, 6.45) is 6.33. The fourth-order valence-electron chi connectivity index (χ4n) is 3.13. The van der Waals surface area contributed by atoms with E-state index in [9.17, 15) is 4.79 Å². The molecule has 1 unspecified atom stereocenters. The summed E-state index contributed by atoms with van der Waals surface area (Å²) in [6, 6.07) is 1.90. The molecule has 1 aliphatic rings. The van der Waals surface area contributed by atoms with Gasteiger partial charge in [0.1, 0.15) is 6.10 Å². The fraction of sp³-hybridized carbons (Fsp3) is 0.412. The molecule has 4 rings (SSSR count). The van der Waals surface area contributed by atoms with Crippen LogP contribution in [-0.4, -0.2) is 59.6 Å². The summed E-state index contributed by atoms with van der Waals surface area (Å²) in [5.74, 6) is 0.856. The summed E-state index contributed by atoms with van der Waals surface area (Å²) in [5, 5.41) is 4.33. The Balaban J connectivity index is 1.51. The number of aryl methyl sites for hydroxylation is 2. The molecule has 1 amide bonds. The zero-order chi connectivity index (χ0) is 18.1. The average molecular weight is 353 g/mol. The Morgan fingerprint density at radius 3 is 2.96 bits per heavy atom. The van der Waals surface area contributed by atoms with E-state index in [0.717, 1.165) is 24.2 Å². The van der Waals surface area contributed by atoms with Crippen molar-refractivity contribution in [2.24, 2.45) is 0 Å². The highest BCUT2D eigenvalue weighted by Crippen LogP contribution is 2.17. The number of carbonyl (C=O) groups excluding carboxylic acids is 1. The van der Waals surface area contributed by atoms with E-state index in [1.807, 2.05) is 19.9 Å². The monoisotopic (exact) mass is 353 g/mol. The van der Waals surface area contributed by atoms with Crippen LogP contribution in [0.15, 0.2) is 24.7 Å². The van der Waals surface area contributed by atoms with Crippen LogP contribution in [0.25, 0.3) is 5.78 Å². The molecule has 0 saturated carbocycles. The van der Waals surface area contributed by atoms with E-state index in [-0.39, 0.29) is 17.8 Å². The number of aromatic nitrogens is 6. The summed E-state index contributed by atoms with van der Waals surface area (Å²) in [4.78, 5) is 31.3. The van der Waals surface area contributed by atoms with E-state index >= 15 is 0 Å². The number of rotatable bonds is 3. The zero-order valence-corrected chi connectivity index (χ0v) is 14.7. The normalized spacial score (nSPS) is 17.5. The van der Waals surface area contributed by atoms with Gasteiger partial charge in [-0.25, -0.2) is 14.5 Å². The lowest BCUT2D eigenvalue weighted by atomic mass is 10.1. The standard InChI is InChI=1S/C17H19N7O2/c1-11-8-12(2)24-17(20-11)21-15(22-24)16(25)23-7-3-4-13(10-23)26-14-9-18-5-6-19-14/h5-6,8-9,13H,3-4,7,10H2,1-2H3. The summed E-state index contributed by atoms with van der Waals surface area (Å²) in [6.45, 7) is 4.93. The van der Waals surface area contributed by atoms with Crippen molar-refractivity contribution in [2.75, 3.05) is 13.1 Å². The maximum Gasteiger partial charge on any atom is 0.293 e. The number of carbonyl (C=O) groups is 1. The molecule has 9 heteroatoms. The highest BCUT2D eigenvalue weighted by atomic mass is 16.5. The third kappa shape index (κ3) is 3.19. The van der Waals surface area contributed by atoms with Crippen LogP contribution in [0.2, 0.25) is 0 Å². The minimum absolute atomic E-state index is 0.122. The van der Waals surface area contributed by atoms with Crippen LogP contribution in [0, 0.1) is 13.8 Å². The lowest BCUT2D eigenvalue weighted by molar-refractivity contribution is 0.0516. The van der Waals surface area contributed by atoms with Crippen molar-refractivity contribution in [3.05, 3.63) is 41.9 Å². The van der Waals surface area contributed by atoms with E-state index in [0.29, 0.717) is 24.7 Å². The molecule has 1 fully saturated rings. The molecule has 26 heavy (non-hydrogen) atoms. The first kappa shape index (κ1) is 16.4. The van der Waals surface area contributed by atoms with Crippen molar-refractivity contribution < 1.29 is 9.53 Å². The first-order valence-corrected chi connectivity index (χ1v) is 8.53. The van der Waals surface area contributed by atoms with Crippen molar-refractivity contribution in [1.29, 1.82) is 0 Å². The number of ether oxygens (including phenoxy) is 1. The summed E-state index contributed by atoms with van der Waals surface area (Å²) < 4.78 is 7.43. The summed E-state index contributed by atoms with van der Waals surface area (Å²) in [5.41, 5.74) is 1.73. The molecule has 4 heterocycles. The van der Waals surface area contributed by atoms with E-state index in [1.165, 1.54) is 0 Å². The molecule has 9 nitrogen and oxygen atoms in total. The predicted molar refractivity (Wildman–Crippen MR) is 91.8 cm³/mol. The van der Waals surface area contributed by atoms with E-state index < -0.39 is 0 Å². The van der Waals surface area contributed by atoms with Crippen molar-refractivity contribution in [2.45, 2.75) is 32.8 Å². The second-order valence-electron chi connectivity index (χ2n) is 6.36. The Hall–Kier alpha value is -3.10. The Morgan fingerprint density at radius 2 is 2.15 bits per heavy atom. The summed E-state index contributed by atoms with van der Waals surface area (Å²) in [7, 11) is 0. The Bertz CT molecular complexity index is 941. The molecule has 0 N–H and O–H groups in total. The van der Waals surface area contributed by atoms with Gasteiger partial charge in [0, 0.05) is 30.3 Å². The molecular formula is C17H19N7O2. The molecule has 0 aliphatic carbocycles. The highest BCUT2D eigenvalue weighted by molar-refractivity contribution is 5.91. The second kappa shape index (κ2) is 6.66. The van der Waals surface area contributed by atoms with E-state index in [2.05, 4.69) is 25.0 Å². The number of likely N-dealkylation sites (tertiary alicyclic amines) is 1. The van der Waals surface area contributed by atoms with Crippen molar-refractivity contribution >= 4 is 11.7 Å². The van der Waals surface area contributed by atoms with Crippen LogP contribution < -0.4 is 4.74 Å². The van der Waals surface area contributed by atoms with Gasteiger partial charge in [0.25, 0.3) is 11.7 Å². The third-order valence-corrected chi connectivity index (χ3v) is 4.30. The van der Waals surface area contributed by atoms with E-state index in [4.69, 9.17) is 4.74 Å². The van der Waals surface area contributed by atoms with Gasteiger partial charge in [-0.05, 0) is 32.8 Å². The van der Waals surface area contributed by atoms with Gasteiger partial charge < -0.3 is 9.64 Å². The van der Waals surface area contributed by atoms with Crippen LogP contribution >= 0.6 is 0 Å². The van der Waals surface area contributed by atoms with Gasteiger partial charge in [0.05, 0.1) is 12.7 Å². The number of fused-ring (bicyclic) bond motifs is 1. The molecule has 0 aromatic carbocycles. The van der Waals surface area contributed by atoms with Crippen LogP contribution in [0.5, 0.6) is 5.88 Å². The minimum atomic E-state index is -0.208. The molecule has 1 aliphatic heterocycles. The zero-order valence-electron chi connectivity index (χ0n) is 14.7. The second-order valence-corrected chi connectivity index (χ2v) is 6.36. The molecule has 1 saturated heterocycles. The average Bonchev–Trinajstić information content (AvgIpc) is 3.06. The SMILES string of the molecule is Cc1cc(C)n2nc(C(=O)N3CCCC(Oc4cnccn4)C3)nc2n1. The van der Waals surface area contributed by atoms with Crippen LogP contribution in [0.3, 0.4) is 0 Å². The van der Waals surface area contributed by atoms with Crippen LogP contribution in [-0.2, 0) is 0 Å². The van der Waals surface area contributed by atoms with Gasteiger partial charge in [0.2, 0.25) is 11.7 Å². The minimum Gasteiger partial charge on any atom is -0.471 e. The molecule has 1 atom stereocenters. The summed E-state index contributed by atoms with van der Waals surface area (Å²) >= 11 is 0. The molecule has 3 aromatic heterocycles. The van der Waals surface area contributed by atoms with Crippen molar-refractivity contribution in [1.82, 2.24) is 34.4 Å². The Kier molecular flexibility index (Phi) is 4.19. The molecule has 0 radical (unpaired) electrons. The number of nitrogens with zero attached hydrogens (tertiary/aromatic N) is 7. The lowest BCUT2D eigenvalue weighted by Crippen LogP contribution is -2.44. The number of piperidine rings is 1. The van der Waals surface area contributed by atoms with Gasteiger partial charge in [-0.3, -0.25) is 9.78 Å². The van der Waals surface area contributed by atoms with Gasteiger partial charge in [0.15, 0.2) is 0 Å². The number of hydrogen-bond acceptors (Lipinski definition) is 7. The van der Waals surface area contributed by atoms with Crippen molar-refractivity contribution in [3.8, 4) is 5.88 Å². The third-order valence-electron chi connectivity index (χ3n) is 4.30. The lowest BCUT2D eigenvalue weighted by Gasteiger charge is -2.31. The van der Waals surface area contributed by atoms with Gasteiger partial charge in [-0.15, -0.1) is 5.10 Å². The molecule has 0 spiro atoms. The molecule has 0 bridgehead atoms. The first-order chi connectivity index (χ1) is 12.6. The van der Waals surface area contributed by atoms with Gasteiger partial charge in [-0.1, -0.05) is 0 Å². The molecule has 3 aromatic rings. The largest absolute Gasteiger partial charge is 0.471 e. The van der Waals surface area contributed by atoms with Crippen LogP contribution in [0.4, 0.5) is 0 Å². The first-order valence-electron chi connectivity index (χ1n) is 8.53. The van der Waals surface area contributed by atoms with Crippen LogP contribution in [0.1, 0.15) is 34.8 Å². The van der Waals surface area contributed by atoms with E-state index in [1.54, 1.807) is 28.0 Å². The number of hydrogen-bond donors (Lipinski definition) is 0. The smallest absolute Gasteiger partial charge is 0.293 e. The Labute approximate surface area is 150 Å². The van der Waals surface area contributed by atoms with Gasteiger partial charge >= 0.3 is 0 Å². The maximum atomic E-state index is 12.8. The van der Waals surface area contributed by atoms with Gasteiger partial charge in [-0.2, -0.15) is 4.98 Å². The number of amides is 1. The molecular weight excluding hydrogens is 334 g/mol. The quantitative estimate of drug-likeness (QED) is 0.698. The fourth-order valence-corrected chi connectivity index (χ4v) is 3.13. The topological polar surface area (TPSA) is 98.4 Å². The maximum absolute atomic E-state index is 12.8. The molecule has 134 valence electrons. The highest BCUT2D eigenvalue weighted by Gasteiger charge is 2.28. The predicted octanol–water partition coefficient (Wildman–Crippen LogP) is 1.21. The Morgan fingerprint density at radius 1 is 1.27 bits per heavy atom.